The highest BCUT2D eigenvalue weighted by Crippen LogP contribution is 2.35. The molecule has 1 aromatic heterocycles. The van der Waals surface area contributed by atoms with Gasteiger partial charge in [-0.05, 0) is 5.56 Å². The predicted molar refractivity (Wildman–Crippen MR) is 97.9 cm³/mol. The Morgan fingerprint density at radius 1 is 1.40 bits per heavy atom. The Balaban J connectivity index is 1.75. The number of allylic oxidation sites excluding steroid dienone is 1. The van der Waals surface area contributed by atoms with Crippen molar-refractivity contribution in [3.63, 3.8) is 0 Å². The number of ketones is 1. The molecule has 5 nitrogen and oxygen atoms in total. The monoisotopic (exact) mass is 369 g/mol. The molecule has 0 saturated heterocycles. The molecular weight excluding hydrogens is 354 g/mol. The first-order chi connectivity index (χ1) is 12.2. The molecular formula is C18H15N3O2S2. The number of amides is 1. The Morgan fingerprint density at radius 2 is 2.20 bits per heavy atom. The molecule has 0 fully saturated rings. The number of aromatic nitrogens is 1. The van der Waals surface area contributed by atoms with Crippen LogP contribution in [0.15, 0.2) is 52.5 Å². The van der Waals surface area contributed by atoms with Crippen molar-refractivity contribution in [2.45, 2.75) is 18.8 Å². The van der Waals surface area contributed by atoms with Crippen molar-refractivity contribution in [1.82, 2.24) is 10.3 Å². The van der Waals surface area contributed by atoms with E-state index in [0.29, 0.717) is 10.6 Å². The third-order valence-corrected chi connectivity index (χ3v) is 5.62. The smallest absolute Gasteiger partial charge is 0.225 e. The van der Waals surface area contributed by atoms with Crippen LogP contribution in [0.25, 0.3) is 0 Å². The topological polar surface area (TPSA) is 82.8 Å². The molecule has 1 aliphatic heterocycles. The predicted octanol–water partition coefficient (Wildman–Crippen LogP) is 3.03. The van der Waals surface area contributed by atoms with Crippen molar-refractivity contribution in [3.8, 4) is 6.07 Å². The molecule has 2 heterocycles. The summed E-state index contributed by atoms with van der Waals surface area (Å²) in [6.45, 7) is 0. The summed E-state index contributed by atoms with van der Waals surface area (Å²) in [5.41, 5.74) is 1.44. The van der Waals surface area contributed by atoms with E-state index in [1.54, 1.807) is 6.20 Å². The number of benzene rings is 1. The van der Waals surface area contributed by atoms with Gasteiger partial charge >= 0.3 is 0 Å². The SMILES string of the molecule is N#CC1=C(SCC(=O)Cc2nccs2)NC(=O)CC1c1ccccc1. The lowest BCUT2D eigenvalue weighted by Gasteiger charge is -2.24. The summed E-state index contributed by atoms with van der Waals surface area (Å²) in [5.74, 6) is -0.193. The normalized spacial score (nSPS) is 17.1. The van der Waals surface area contributed by atoms with E-state index in [4.69, 9.17) is 0 Å². The first-order valence-corrected chi connectivity index (χ1v) is 9.56. The van der Waals surface area contributed by atoms with E-state index >= 15 is 0 Å². The molecule has 0 radical (unpaired) electrons. The van der Waals surface area contributed by atoms with Crippen molar-refractivity contribution in [2.24, 2.45) is 0 Å². The average molecular weight is 369 g/mol. The molecule has 25 heavy (non-hydrogen) atoms. The molecule has 0 spiro atoms. The van der Waals surface area contributed by atoms with Crippen molar-refractivity contribution in [3.05, 3.63) is 63.1 Å². The van der Waals surface area contributed by atoms with Crippen LogP contribution in [0, 0.1) is 11.3 Å². The van der Waals surface area contributed by atoms with Crippen molar-refractivity contribution < 1.29 is 9.59 Å². The Kier molecular flexibility index (Phi) is 5.64. The number of hydrogen-bond donors (Lipinski definition) is 1. The first kappa shape index (κ1) is 17.4. The van der Waals surface area contributed by atoms with Crippen LogP contribution in [0.1, 0.15) is 22.9 Å². The summed E-state index contributed by atoms with van der Waals surface area (Å²) in [6.07, 6.45) is 2.18. The number of nitrogens with zero attached hydrogens (tertiary/aromatic N) is 2. The van der Waals surface area contributed by atoms with Crippen LogP contribution in [0.5, 0.6) is 0 Å². The van der Waals surface area contributed by atoms with Crippen molar-refractivity contribution >= 4 is 34.8 Å². The molecule has 0 aliphatic carbocycles. The second kappa shape index (κ2) is 8.10. The Hall–Kier alpha value is -2.43. The number of nitrogens with one attached hydrogen (secondary N) is 1. The van der Waals surface area contributed by atoms with Crippen LogP contribution in [0.4, 0.5) is 0 Å². The molecule has 1 aliphatic rings. The molecule has 1 N–H and O–H groups in total. The summed E-state index contributed by atoms with van der Waals surface area (Å²) in [6, 6.07) is 11.7. The van der Waals surface area contributed by atoms with E-state index in [9.17, 15) is 14.9 Å². The second-order valence-corrected chi connectivity index (χ2v) is 7.46. The molecule has 1 amide bonds. The second-order valence-electron chi connectivity index (χ2n) is 5.50. The van der Waals surface area contributed by atoms with Crippen LogP contribution < -0.4 is 5.32 Å². The van der Waals surface area contributed by atoms with Crippen LogP contribution in [-0.4, -0.2) is 22.4 Å². The fourth-order valence-electron chi connectivity index (χ4n) is 2.62. The van der Waals surface area contributed by atoms with Gasteiger partial charge in [0, 0.05) is 23.9 Å². The number of nitriles is 1. The van der Waals surface area contributed by atoms with Gasteiger partial charge in [-0.1, -0.05) is 42.1 Å². The lowest BCUT2D eigenvalue weighted by molar-refractivity contribution is -0.121. The van der Waals surface area contributed by atoms with Gasteiger partial charge in [0.2, 0.25) is 5.91 Å². The van der Waals surface area contributed by atoms with Gasteiger partial charge in [0.25, 0.3) is 0 Å². The summed E-state index contributed by atoms with van der Waals surface area (Å²) < 4.78 is 0. The molecule has 1 atom stereocenters. The van der Waals surface area contributed by atoms with Crippen molar-refractivity contribution in [2.75, 3.05) is 5.75 Å². The Bertz CT molecular complexity index is 839. The summed E-state index contributed by atoms with van der Waals surface area (Å²) >= 11 is 2.66. The number of rotatable bonds is 6. The van der Waals surface area contributed by atoms with Crippen LogP contribution >= 0.6 is 23.1 Å². The highest BCUT2D eigenvalue weighted by Gasteiger charge is 2.29. The lowest BCUT2D eigenvalue weighted by Crippen LogP contribution is -2.31. The quantitative estimate of drug-likeness (QED) is 0.846. The van der Waals surface area contributed by atoms with E-state index in [2.05, 4.69) is 16.4 Å². The number of carbonyl (C=O) groups is 2. The molecule has 1 unspecified atom stereocenters. The maximum absolute atomic E-state index is 12.1. The van der Waals surface area contributed by atoms with Gasteiger partial charge in [-0.15, -0.1) is 11.3 Å². The molecule has 0 bridgehead atoms. The third-order valence-electron chi connectivity index (χ3n) is 3.77. The highest BCUT2D eigenvalue weighted by atomic mass is 32.2. The van der Waals surface area contributed by atoms with E-state index in [1.165, 1.54) is 23.1 Å². The maximum Gasteiger partial charge on any atom is 0.225 e. The molecule has 0 saturated carbocycles. The lowest BCUT2D eigenvalue weighted by atomic mass is 9.87. The zero-order chi connectivity index (χ0) is 17.6. The highest BCUT2D eigenvalue weighted by molar-refractivity contribution is 8.03. The summed E-state index contributed by atoms with van der Waals surface area (Å²) in [7, 11) is 0. The van der Waals surface area contributed by atoms with Crippen LogP contribution in [0.3, 0.4) is 0 Å². The third kappa shape index (κ3) is 4.35. The minimum absolute atomic E-state index is 0.0147. The summed E-state index contributed by atoms with van der Waals surface area (Å²) in [4.78, 5) is 28.3. The van der Waals surface area contributed by atoms with Gasteiger partial charge in [0.1, 0.15) is 5.78 Å². The minimum Gasteiger partial charge on any atom is -0.320 e. The number of thioether (sulfide) groups is 1. The number of thiazole rings is 1. The standard InChI is InChI=1S/C18H15N3O2S2/c19-10-15-14(12-4-2-1-3-5-12)9-16(23)21-18(15)25-11-13(22)8-17-20-6-7-24-17/h1-7,14H,8-9,11H2,(H,21,23). The van der Waals surface area contributed by atoms with Gasteiger partial charge in [-0.2, -0.15) is 5.26 Å². The maximum atomic E-state index is 12.1. The van der Waals surface area contributed by atoms with Gasteiger partial charge in [0.15, 0.2) is 0 Å². The van der Waals surface area contributed by atoms with Crippen LogP contribution in [-0.2, 0) is 16.0 Å². The largest absolute Gasteiger partial charge is 0.320 e. The minimum atomic E-state index is -0.267. The molecule has 126 valence electrons. The zero-order valence-electron chi connectivity index (χ0n) is 13.3. The Morgan fingerprint density at radius 3 is 2.88 bits per heavy atom. The van der Waals surface area contributed by atoms with E-state index in [1.807, 2.05) is 35.7 Å². The molecule has 2 aromatic rings. The zero-order valence-corrected chi connectivity index (χ0v) is 14.9. The van der Waals surface area contributed by atoms with Gasteiger partial charge in [0.05, 0.1) is 33.9 Å². The van der Waals surface area contributed by atoms with Crippen LogP contribution in [0.2, 0.25) is 0 Å². The Labute approximate surface area is 153 Å². The number of Topliss-reactive ketones (excluding diaryl/α,β-unsaturated/α-hetero) is 1. The van der Waals surface area contributed by atoms with Gasteiger partial charge in [-0.25, -0.2) is 4.98 Å². The van der Waals surface area contributed by atoms with E-state index in [0.717, 1.165) is 10.6 Å². The summed E-state index contributed by atoms with van der Waals surface area (Å²) in [5, 5.41) is 15.4. The fourth-order valence-corrected chi connectivity index (χ4v) is 4.20. The van der Waals surface area contributed by atoms with E-state index < -0.39 is 0 Å². The van der Waals surface area contributed by atoms with Crippen molar-refractivity contribution in [1.29, 1.82) is 5.26 Å². The average Bonchev–Trinajstić information content (AvgIpc) is 3.13. The molecule has 1 aromatic carbocycles. The molecule has 3 rings (SSSR count). The van der Waals surface area contributed by atoms with Gasteiger partial charge in [-0.3, -0.25) is 9.59 Å². The first-order valence-electron chi connectivity index (χ1n) is 7.69. The molecule has 7 heteroatoms. The van der Waals surface area contributed by atoms with Gasteiger partial charge < -0.3 is 5.32 Å². The van der Waals surface area contributed by atoms with E-state index in [-0.39, 0.29) is 36.2 Å². The number of hydrogen-bond acceptors (Lipinski definition) is 6. The fraction of sp³-hybridized carbons (Fsp3) is 0.222. The number of carbonyl (C=O) groups excluding carboxylic acids is 2.